The van der Waals surface area contributed by atoms with Crippen LogP contribution in [0.15, 0.2) is 53.6 Å². The molecule has 0 saturated heterocycles. The zero-order chi connectivity index (χ0) is 24.7. The number of hydrogen-bond donors (Lipinski definition) is 1. The lowest BCUT2D eigenvalue weighted by molar-refractivity contribution is -0.123. The Labute approximate surface area is 209 Å². The minimum Gasteiger partial charge on any atom is -0.496 e. The van der Waals surface area contributed by atoms with Gasteiger partial charge in [-0.15, -0.1) is 0 Å². The average molecular weight is 501 g/mol. The van der Waals surface area contributed by atoms with E-state index in [9.17, 15) is 4.79 Å². The standard InChI is InChI=1S/C26H26Cl2N2O4/c1-16-9-21(27)6-8-23(16)34-15-25(31)30-29-13-19-5-7-24(32-4)20(12-19)14-33-22-10-17(2)26(28)18(3)11-22/h5-13H,14-15H2,1-4H3,(H,30,31)/b29-13+. The van der Waals surface area contributed by atoms with Gasteiger partial charge < -0.3 is 14.2 Å². The number of hydrazone groups is 1. The maximum atomic E-state index is 12.1. The number of nitrogens with zero attached hydrogens (tertiary/aromatic N) is 1. The summed E-state index contributed by atoms with van der Waals surface area (Å²) in [6.07, 6.45) is 1.55. The minimum atomic E-state index is -0.379. The molecule has 0 atom stereocenters. The molecule has 178 valence electrons. The number of nitrogens with one attached hydrogen (secondary N) is 1. The number of benzene rings is 3. The summed E-state index contributed by atoms with van der Waals surface area (Å²) in [5, 5.41) is 5.36. The Morgan fingerprint density at radius 2 is 1.65 bits per heavy atom. The summed E-state index contributed by atoms with van der Waals surface area (Å²) in [5.41, 5.74) is 6.83. The van der Waals surface area contributed by atoms with Crippen molar-refractivity contribution >= 4 is 35.3 Å². The van der Waals surface area contributed by atoms with E-state index in [-0.39, 0.29) is 12.5 Å². The Balaban J connectivity index is 1.59. The van der Waals surface area contributed by atoms with Gasteiger partial charge in [-0.3, -0.25) is 4.79 Å². The largest absolute Gasteiger partial charge is 0.496 e. The fourth-order valence-corrected chi connectivity index (χ4v) is 3.61. The fourth-order valence-electron chi connectivity index (χ4n) is 3.27. The summed E-state index contributed by atoms with van der Waals surface area (Å²) >= 11 is 12.2. The third-order valence-corrected chi connectivity index (χ3v) is 5.84. The van der Waals surface area contributed by atoms with Crippen molar-refractivity contribution in [3.05, 3.63) is 86.4 Å². The van der Waals surface area contributed by atoms with Crippen molar-refractivity contribution in [2.45, 2.75) is 27.4 Å². The number of methoxy groups -OCH3 is 1. The molecule has 0 aromatic heterocycles. The summed E-state index contributed by atoms with van der Waals surface area (Å²) in [6.45, 7) is 5.87. The first kappa shape index (κ1) is 25.4. The summed E-state index contributed by atoms with van der Waals surface area (Å²) in [4.78, 5) is 12.1. The van der Waals surface area contributed by atoms with Gasteiger partial charge in [0.2, 0.25) is 0 Å². The maximum Gasteiger partial charge on any atom is 0.277 e. The van der Waals surface area contributed by atoms with E-state index in [1.165, 1.54) is 0 Å². The molecule has 0 bridgehead atoms. The molecule has 0 fully saturated rings. The molecule has 1 amide bonds. The molecule has 6 nitrogen and oxygen atoms in total. The summed E-state index contributed by atoms with van der Waals surface area (Å²) in [7, 11) is 1.60. The normalized spacial score (nSPS) is 10.9. The predicted octanol–water partition coefficient (Wildman–Crippen LogP) is 6.04. The zero-order valence-corrected chi connectivity index (χ0v) is 21.0. The molecule has 3 aromatic rings. The molecule has 8 heteroatoms. The number of halogens is 2. The van der Waals surface area contributed by atoms with Gasteiger partial charge in [0.1, 0.15) is 23.9 Å². The second-order valence-electron chi connectivity index (χ2n) is 7.72. The van der Waals surface area contributed by atoms with Gasteiger partial charge in [-0.25, -0.2) is 5.43 Å². The van der Waals surface area contributed by atoms with Crippen molar-refractivity contribution in [3.63, 3.8) is 0 Å². The van der Waals surface area contributed by atoms with Crippen LogP contribution in [-0.2, 0) is 11.4 Å². The van der Waals surface area contributed by atoms with E-state index in [0.717, 1.165) is 38.6 Å². The highest BCUT2D eigenvalue weighted by molar-refractivity contribution is 6.32. The smallest absolute Gasteiger partial charge is 0.277 e. The highest BCUT2D eigenvalue weighted by Gasteiger charge is 2.08. The number of aryl methyl sites for hydroxylation is 3. The van der Waals surface area contributed by atoms with Crippen LogP contribution in [0, 0.1) is 20.8 Å². The fraction of sp³-hybridized carbons (Fsp3) is 0.231. The second kappa shape index (κ2) is 11.8. The Hall–Kier alpha value is -3.22. The van der Waals surface area contributed by atoms with Crippen molar-refractivity contribution in [1.29, 1.82) is 0 Å². The van der Waals surface area contributed by atoms with E-state index >= 15 is 0 Å². The molecule has 0 saturated carbocycles. The van der Waals surface area contributed by atoms with Crippen LogP contribution in [0.4, 0.5) is 0 Å². The van der Waals surface area contributed by atoms with Crippen molar-refractivity contribution in [2.75, 3.05) is 13.7 Å². The molecule has 3 rings (SSSR count). The van der Waals surface area contributed by atoms with Gasteiger partial charge in [-0.05, 0) is 91.6 Å². The number of hydrogen-bond acceptors (Lipinski definition) is 5. The minimum absolute atomic E-state index is 0.165. The first-order valence-electron chi connectivity index (χ1n) is 10.5. The molecule has 0 aliphatic rings. The van der Waals surface area contributed by atoms with E-state index in [2.05, 4.69) is 10.5 Å². The van der Waals surface area contributed by atoms with Crippen LogP contribution in [0.2, 0.25) is 10.0 Å². The highest BCUT2D eigenvalue weighted by atomic mass is 35.5. The SMILES string of the molecule is COc1ccc(/C=N/NC(=O)COc2ccc(Cl)cc2C)cc1COc1cc(C)c(Cl)c(C)c1. The molecular formula is C26H26Cl2N2O4. The Morgan fingerprint density at radius 3 is 2.32 bits per heavy atom. The second-order valence-corrected chi connectivity index (χ2v) is 8.54. The van der Waals surface area contributed by atoms with Gasteiger partial charge in [0.25, 0.3) is 5.91 Å². The van der Waals surface area contributed by atoms with Crippen LogP contribution < -0.4 is 19.6 Å². The summed E-state index contributed by atoms with van der Waals surface area (Å²) in [6, 6.07) is 14.5. The zero-order valence-electron chi connectivity index (χ0n) is 19.4. The van der Waals surface area contributed by atoms with Crippen LogP contribution in [0.25, 0.3) is 0 Å². The van der Waals surface area contributed by atoms with Gasteiger partial charge in [-0.2, -0.15) is 5.10 Å². The number of amides is 1. The summed E-state index contributed by atoms with van der Waals surface area (Å²) < 4.78 is 16.9. The van der Waals surface area contributed by atoms with E-state index in [4.69, 9.17) is 37.4 Å². The van der Waals surface area contributed by atoms with E-state index in [0.29, 0.717) is 23.1 Å². The third-order valence-electron chi connectivity index (χ3n) is 5.01. The molecule has 1 N–H and O–H groups in total. The maximum absolute atomic E-state index is 12.1. The molecule has 0 radical (unpaired) electrons. The van der Waals surface area contributed by atoms with Crippen molar-refractivity contribution in [2.24, 2.45) is 5.10 Å². The van der Waals surface area contributed by atoms with Crippen molar-refractivity contribution in [1.82, 2.24) is 5.43 Å². The number of carbonyl (C=O) groups is 1. The van der Waals surface area contributed by atoms with E-state index < -0.39 is 0 Å². The molecule has 3 aromatic carbocycles. The lowest BCUT2D eigenvalue weighted by atomic mass is 10.1. The Kier molecular flexibility index (Phi) is 8.79. The summed E-state index contributed by atoms with van der Waals surface area (Å²) in [5.74, 6) is 1.63. The topological polar surface area (TPSA) is 69.2 Å². The molecule has 0 spiro atoms. The Morgan fingerprint density at radius 1 is 0.941 bits per heavy atom. The van der Waals surface area contributed by atoms with Gasteiger partial charge in [-0.1, -0.05) is 23.2 Å². The van der Waals surface area contributed by atoms with Crippen molar-refractivity contribution in [3.8, 4) is 17.2 Å². The molecule has 0 unspecified atom stereocenters. The van der Waals surface area contributed by atoms with Crippen LogP contribution in [0.1, 0.15) is 27.8 Å². The molecule has 34 heavy (non-hydrogen) atoms. The lowest BCUT2D eigenvalue weighted by Crippen LogP contribution is -2.24. The molecule has 0 heterocycles. The van der Waals surface area contributed by atoms with Gasteiger partial charge in [0, 0.05) is 15.6 Å². The van der Waals surface area contributed by atoms with Gasteiger partial charge in [0.15, 0.2) is 6.61 Å². The number of carbonyl (C=O) groups excluding carboxylic acids is 1. The molecule has 0 aliphatic carbocycles. The monoisotopic (exact) mass is 500 g/mol. The number of ether oxygens (including phenoxy) is 3. The van der Waals surface area contributed by atoms with Crippen LogP contribution >= 0.6 is 23.2 Å². The average Bonchev–Trinajstić information content (AvgIpc) is 2.80. The van der Waals surface area contributed by atoms with Crippen LogP contribution in [0.3, 0.4) is 0 Å². The first-order valence-corrected chi connectivity index (χ1v) is 11.3. The van der Waals surface area contributed by atoms with Crippen molar-refractivity contribution < 1.29 is 19.0 Å². The van der Waals surface area contributed by atoms with Gasteiger partial charge in [0.05, 0.1) is 13.3 Å². The molecular weight excluding hydrogens is 475 g/mol. The first-order chi connectivity index (χ1) is 16.3. The van der Waals surface area contributed by atoms with Crippen LogP contribution in [-0.4, -0.2) is 25.8 Å². The van der Waals surface area contributed by atoms with E-state index in [1.807, 2.05) is 51.1 Å². The van der Waals surface area contributed by atoms with E-state index in [1.54, 1.807) is 31.5 Å². The molecule has 0 aliphatic heterocycles. The quantitative estimate of drug-likeness (QED) is 0.287. The number of rotatable bonds is 9. The lowest BCUT2D eigenvalue weighted by Gasteiger charge is -2.13. The highest BCUT2D eigenvalue weighted by Crippen LogP contribution is 2.28. The third kappa shape index (κ3) is 6.89. The van der Waals surface area contributed by atoms with Crippen LogP contribution in [0.5, 0.6) is 17.2 Å². The van der Waals surface area contributed by atoms with Gasteiger partial charge >= 0.3 is 0 Å². The predicted molar refractivity (Wildman–Crippen MR) is 136 cm³/mol. The Bertz CT molecular complexity index is 1190.